The molecule has 0 radical (unpaired) electrons. The van der Waals surface area contributed by atoms with E-state index in [2.05, 4.69) is 43.1 Å². The van der Waals surface area contributed by atoms with E-state index in [-0.39, 0.29) is 5.91 Å². The lowest BCUT2D eigenvalue weighted by atomic mass is 10.1. The van der Waals surface area contributed by atoms with Gasteiger partial charge in [0.2, 0.25) is 5.95 Å². The summed E-state index contributed by atoms with van der Waals surface area (Å²) in [6, 6.07) is 25.7. The van der Waals surface area contributed by atoms with Crippen LogP contribution in [0, 0.1) is 6.92 Å². The van der Waals surface area contributed by atoms with Gasteiger partial charge in [-0.3, -0.25) is 14.1 Å². The molecule has 0 unspecified atom stereocenters. The largest absolute Gasteiger partial charge is 0.379 e. The summed E-state index contributed by atoms with van der Waals surface area (Å²) < 4.78 is 7.53. The van der Waals surface area contributed by atoms with Crippen LogP contribution < -0.4 is 10.6 Å². The van der Waals surface area contributed by atoms with Crippen LogP contribution in [-0.4, -0.2) is 63.0 Å². The van der Waals surface area contributed by atoms with Crippen molar-refractivity contribution < 1.29 is 9.53 Å². The minimum absolute atomic E-state index is 0.145. The highest BCUT2D eigenvalue weighted by Crippen LogP contribution is 2.35. The van der Waals surface area contributed by atoms with Gasteiger partial charge >= 0.3 is 0 Å². The molecule has 7 rings (SSSR count). The lowest BCUT2D eigenvalue weighted by Gasteiger charge is -2.26. The van der Waals surface area contributed by atoms with Crippen molar-refractivity contribution in [3.63, 3.8) is 0 Å². The van der Waals surface area contributed by atoms with Crippen molar-refractivity contribution in [2.45, 2.75) is 13.3 Å². The van der Waals surface area contributed by atoms with Gasteiger partial charge in [0, 0.05) is 59.9 Å². The van der Waals surface area contributed by atoms with Crippen molar-refractivity contribution in [3.05, 3.63) is 113 Å². The molecule has 3 aromatic heterocycles. The monoisotopic (exact) mass is 615 g/mol. The lowest BCUT2D eigenvalue weighted by molar-refractivity contribution is 0.0384. The molecule has 0 aliphatic carbocycles. The molecule has 226 valence electrons. The van der Waals surface area contributed by atoms with Gasteiger partial charge in [-0.05, 0) is 60.9 Å². The van der Waals surface area contributed by atoms with Crippen LogP contribution in [0.15, 0.2) is 96.6 Å². The van der Waals surface area contributed by atoms with Gasteiger partial charge in [-0.1, -0.05) is 42.5 Å². The summed E-state index contributed by atoms with van der Waals surface area (Å²) in [5, 5.41) is 8.47. The zero-order valence-corrected chi connectivity index (χ0v) is 25.8. The molecule has 0 bridgehead atoms. The molecular weight excluding hydrogens is 582 g/mol. The standard InChI is InChI=1S/C35H33N7O2S/c1-24-6-2-3-11-29(24)33(43)37-28-10-5-8-26(23-28)31-32(42-18-21-45-35(42)40-31)30-12-14-36-34(39-30)38-27-9-4-7-25(22-27)13-15-41-16-19-44-20-17-41/h2-12,14,18,21-23H,13,15-17,19-20H2,1H3,(H,37,43)(H,36,38,39). The minimum Gasteiger partial charge on any atom is -0.379 e. The quantitative estimate of drug-likeness (QED) is 0.187. The van der Waals surface area contributed by atoms with Crippen LogP contribution in [0.1, 0.15) is 21.5 Å². The van der Waals surface area contributed by atoms with Crippen LogP contribution in [0.2, 0.25) is 0 Å². The molecule has 4 heterocycles. The van der Waals surface area contributed by atoms with E-state index in [4.69, 9.17) is 14.7 Å². The van der Waals surface area contributed by atoms with Gasteiger partial charge in [0.25, 0.3) is 5.91 Å². The van der Waals surface area contributed by atoms with Gasteiger partial charge in [0.15, 0.2) is 4.96 Å². The Labute approximate surface area is 265 Å². The van der Waals surface area contributed by atoms with Crippen LogP contribution in [0.3, 0.4) is 0 Å². The van der Waals surface area contributed by atoms with Gasteiger partial charge in [-0.25, -0.2) is 15.0 Å². The number of nitrogens with one attached hydrogen (secondary N) is 2. The van der Waals surface area contributed by atoms with E-state index in [1.165, 1.54) is 5.56 Å². The van der Waals surface area contributed by atoms with Crippen molar-refractivity contribution in [2.24, 2.45) is 0 Å². The molecule has 0 saturated carbocycles. The Kier molecular flexibility index (Phi) is 8.33. The van der Waals surface area contributed by atoms with Crippen molar-refractivity contribution in [3.8, 4) is 22.6 Å². The number of aryl methyl sites for hydroxylation is 1. The first kappa shape index (κ1) is 28.8. The number of hydrogen-bond donors (Lipinski definition) is 2. The topological polar surface area (TPSA) is 96.7 Å². The third-order valence-corrected chi connectivity index (χ3v) is 8.70. The average molecular weight is 616 g/mol. The summed E-state index contributed by atoms with van der Waals surface area (Å²) in [6.45, 7) is 6.53. The number of morpholine rings is 1. The first-order chi connectivity index (χ1) is 22.1. The fourth-order valence-corrected chi connectivity index (χ4v) is 6.31. The number of aromatic nitrogens is 4. The van der Waals surface area contributed by atoms with Crippen LogP contribution in [0.25, 0.3) is 27.6 Å². The first-order valence-electron chi connectivity index (χ1n) is 15.0. The Balaban J connectivity index is 1.14. The number of thiazole rings is 1. The van der Waals surface area contributed by atoms with E-state index >= 15 is 0 Å². The van der Waals surface area contributed by atoms with Gasteiger partial charge in [-0.15, -0.1) is 11.3 Å². The number of rotatable bonds is 9. The highest BCUT2D eigenvalue weighted by molar-refractivity contribution is 7.15. The van der Waals surface area contributed by atoms with E-state index in [1.54, 1.807) is 17.5 Å². The molecule has 1 amide bonds. The summed E-state index contributed by atoms with van der Waals surface area (Å²) >= 11 is 1.56. The normalized spacial score (nSPS) is 13.6. The minimum atomic E-state index is -0.145. The van der Waals surface area contributed by atoms with Gasteiger partial charge < -0.3 is 15.4 Å². The Morgan fingerprint density at radius 1 is 0.956 bits per heavy atom. The van der Waals surface area contributed by atoms with E-state index in [0.29, 0.717) is 17.2 Å². The molecule has 3 aromatic carbocycles. The number of ether oxygens (including phenoxy) is 1. The molecular formula is C35H33N7O2S. The molecule has 45 heavy (non-hydrogen) atoms. The maximum absolute atomic E-state index is 13.0. The van der Waals surface area contributed by atoms with E-state index in [0.717, 1.165) is 78.1 Å². The van der Waals surface area contributed by atoms with E-state index in [9.17, 15) is 4.79 Å². The summed E-state index contributed by atoms with van der Waals surface area (Å²) in [5.74, 6) is 0.362. The second-order valence-electron chi connectivity index (χ2n) is 11.0. The third-order valence-electron chi connectivity index (χ3n) is 7.95. The molecule has 1 aliphatic rings. The molecule has 1 saturated heterocycles. The smallest absolute Gasteiger partial charge is 0.255 e. The second kappa shape index (κ2) is 13.0. The Hall–Kier alpha value is -4.90. The molecule has 0 spiro atoms. The van der Waals surface area contributed by atoms with Crippen molar-refractivity contribution in [1.82, 2.24) is 24.3 Å². The third kappa shape index (κ3) is 6.48. The number of amides is 1. The molecule has 1 aliphatic heterocycles. The maximum Gasteiger partial charge on any atom is 0.255 e. The number of benzene rings is 3. The number of imidazole rings is 1. The number of carbonyl (C=O) groups is 1. The van der Waals surface area contributed by atoms with Crippen molar-refractivity contribution in [1.29, 1.82) is 0 Å². The highest BCUT2D eigenvalue weighted by Gasteiger charge is 2.19. The van der Waals surface area contributed by atoms with Gasteiger partial charge in [0.1, 0.15) is 5.69 Å². The Morgan fingerprint density at radius 3 is 2.69 bits per heavy atom. The SMILES string of the molecule is Cc1ccccc1C(=O)Nc1cccc(-c2nc3sccn3c2-c2ccnc(Nc3cccc(CCN4CCOCC4)c3)n2)c1. The summed E-state index contributed by atoms with van der Waals surface area (Å²) in [5.41, 5.74) is 7.73. The van der Waals surface area contributed by atoms with Crippen LogP contribution in [0.5, 0.6) is 0 Å². The molecule has 6 aromatic rings. The predicted molar refractivity (Wildman–Crippen MR) is 179 cm³/mol. The Bertz CT molecular complexity index is 1960. The highest BCUT2D eigenvalue weighted by atomic mass is 32.1. The first-order valence-corrected chi connectivity index (χ1v) is 15.9. The van der Waals surface area contributed by atoms with Gasteiger partial charge in [0.05, 0.1) is 24.6 Å². The molecule has 1 fully saturated rings. The number of hydrogen-bond acceptors (Lipinski definition) is 8. The van der Waals surface area contributed by atoms with Crippen molar-refractivity contribution in [2.75, 3.05) is 43.5 Å². The number of anilines is 3. The number of carbonyl (C=O) groups excluding carboxylic acids is 1. The van der Waals surface area contributed by atoms with Crippen LogP contribution in [-0.2, 0) is 11.2 Å². The fraction of sp³-hybridized carbons (Fsp3) is 0.200. The molecule has 2 N–H and O–H groups in total. The van der Waals surface area contributed by atoms with E-state index < -0.39 is 0 Å². The number of fused-ring (bicyclic) bond motifs is 1. The zero-order chi connectivity index (χ0) is 30.6. The molecule has 0 atom stereocenters. The molecule has 10 heteroatoms. The van der Waals surface area contributed by atoms with Crippen LogP contribution in [0.4, 0.5) is 17.3 Å². The zero-order valence-electron chi connectivity index (χ0n) is 24.9. The molecule has 9 nitrogen and oxygen atoms in total. The predicted octanol–water partition coefficient (Wildman–Crippen LogP) is 6.70. The maximum atomic E-state index is 13.0. The average Bonchev–Trinajstić information content (AvgIpc) is 3.67. The van der Waals surface area contributed by atoms with Gasteiger partial charge in [-0.2, -0.15) is 0 Å². The van der Waals surface area contributed by atoms with Crippen molar-refractivity contribution >= 4 is 39.5 Å². The fourth-order valence-electron chi connectivity index (χ4n) is 5.60. The van der Waals surface area contributed by atoms with E-state index in [1.807, 2.05) is 79.2 Å². The Morgan fingerprint density at radius 2 is 1.80 bits per heavy atom. The summed E-state index contributed by atoms with van der Waals surface area (Å²) in [4.78, 5) is 30.8. The second-order valence-corrected chi connectivity index (χ2v) is 11.9. The van der Waals surface area contributed by atoms with Crippen LogP contribution >= 0.6 is 11.3 Å². The number of nitrogens with zero attached hydrogens (tertiary/aromatic N) is 5. The summed E-state index contributed by atoms with van der Waals surface area (Å²) in [7, 11) is 0. The lowest BCUT2D eigenvalue weighted by Crippen LogP contribution is -2.37. The summed E-state index contributed by atoms with van der Waals surface area (Å²) in [6.07, 6.45) is 4.74.